The molecule has 15 aliphatic heterocycles. The van der Waals surface area contributed by atoms with E-state index >= 15 is 0 Å². The third-order valence-electron chi connectivity index (χ3n) is 25.9. The Balaban J connectivity index is 0.438. The van der Waals surface area contributed by atoms with Crippen LogP contribution in [0.1, 0.15) is 0 Å². The summed E-state index contributed by atoms with van der Waals surface area (Å²) in [5, 5.41) is 347. The molecule has 136 heavy (non-hydrogen) atoms. The molecular formula is C75H122O61. The first-order valence-electron chi connectivity index (χ1n) is 43.9. The second-order valence-electron chi connectivity index (χ2n) is 35.2. The molecule has 0 saturated carbocycles. The number of hydrogen-bond acceptors (Lipinski definition) is 61. The largest absolute Gasteiger partial charge is 0.394 e. The molecule has 788 valence electrons. The van der Waals surface area contributed by atoms with Crippen molar-refractivity contribution < 1.29 is 301 Å². The van der Waals surface area contributed by atoms with Gasteiger partial charge in [-0.3, -0.25) is 0 Å². The van der Waals surface area contributed by atoms with Crippen LogP contribution in [-0.2, 0) is 137 Å². The summed E-state index contributed by atoms with van der Waals surface area (Å²) in [4.78, 5) is 0. The van der Waals surface area contributed by atoms with Gasteiger partial charge >= 0.3 is 0 Å². The SMILES string of the molecule is OC[C@@H]1O[C@@H](OC2[C@H](O[C@@H]3CO[C@H](O[C@@H]4CO[C@H](O[C@@H]5CO[C@H](O[C@@H]6CO[C@H](O[C@@H]7CO[C@H](O[C@@H]8CO[C@H](O[C@@H]9CO[C@H](O[C@@H]%10CO[C@H](O[C@@H]%11CO[C@H](O[C@@H]%12CO[C@H](O[C@@H]%13CO[C@@H](O[C@@H]%14CO[C@@H](O)C(O)[C@H]%14O)C(O)[C@H]%13O)C(O)[C@H]%12O)C(O)[C@H]%11O)C(O)[C@H]%10O)C(O)[C@H]9O)C(O)[C@H]8O)C(O)[C@H]7O)C(O)[C@H]6O)C(O)[C@H]5O)C(O)[C@H]4O)C(O)[C@H]3O)OC[C@@H](O)[C@@H]2O[C@@H]2O[C@@H](CO)[C@@H](O)C2O)C(O)[C@@H]1O. The summed E-state index contributed by atoms with van der Waals surface area (Å²) in [6.45, 7) is -9.16. The second kappa shape index (κ2) is 46.7. The summed E-state index contributed by atoms with van der Waals surface area (Å²) in [6, 6.07) is 0. The molecule has 32 N–H and O–H groups in total. The molecule has 0 aliphatic carbocycles. The van der Waals surface area contributed by atoms with Crippen LogP contribution in [0.25, 0.3) is 0 Å². The van der Waals surface area contributed by atoms with Gasteiger partial charge in [0.05, 0.1) is 99.1 Å². The van der Waals surface area contributed by atoms with Gasteiger partial charge in [-0.2, -0.15) is 0 Å². The highest BCUT2D eigenvalue weighted by molar-refractivity contribution is 5.01. The first-order chi connectivity index (χ1) is 64.7. The second-order valence-corrected chi connectivity index (χ2v) is 35.2. The molecule has 0 radical (unpaired) electrons. The van der Waals surface area contributed by atoms with Gasteiger partial charge in [-0.25, -0.2) is 0 Å². The van der Waals surface area contributed by atoms with E-state index in [0.717, 1.165) is 0 Å². The van der Waals surface area contributed by atoms with Crippen molar-refractivity contribution in [2.45, 2.75) is 369 Å². The van der Waals surface area contributed by atoms with Gasteiger partial charge < -0.3 is 301 Å². The first-order valence-corrected chi connectivity index (χ1v) is 43.9. The van der Waals surface area contributed by atoms with E-state index in [1.165, 1.54) is 0 Å². The van der Waals surface area contributed by atoms with Crippen LogP contribution in [0, 0.1) is 0 Å². The average Bonchev–Trinajstić information content (AvgIpc) is 1.52. The third kappa shape index (κ3) is 23.3. The minimum Gasteiger partial charge on any atom is -0.394 e. The van der Waals surface area contributed by atoms with Crippen molar-refractivity contribution in [1.82, 2.24) is 0 Å². The van der Waals surface area contributed by atoms with E-state index in [4.69, 9.17) is 137 Å². The van der Waals surface area contributed by atoms with Gasteiger partial charge in [0, 0.05) is 0 Å². The number of ether oxygens (including phenoxy) is 29. The van der Waals surface area contributed by atoms with E-state index in [1.54, 1.807) is 0 Å². The Morgan fingerprint density at radius 1 is 0.147 bits per heavy atom. The molecule has 61 heteroatoms. The van der Waals surface area contributed by atoms with Crippen molar-refractivity contribution in [2.75, 3.05) is 99.1 Å². The van der Waals surface area contributed by atoms with Crippen LogP contribution in [0.4, 0.5) is 0 Å². The number of aliphatic hydroxyl groups excluding tert-OH is 32. The lowest BCUT2D eigenvalue weighted by Gasteiger charge is -2.46. The summed E-state index contributed by atoms with van der Waals surface area (Å²) >= 11 is 0. The normalized spacial score (nSPS) is 54.7. The molecule has 0 aromatic carbocycles. The lowest BCUT2D eigenvalue weighted by atomic mass is 10.0. The van der Waals surface area contributed by atoms with Gasteiger partial charge in [-0.15, -0.1) is 0 Å². The maximum atomic E-state index is 11.4. The van der Waals surface area contributed by atoms with Gasteiger partial charge in [-0.05, 0) is 0 Å². The van der Waals surface area contributed by atoms with Gasteiger partial charge in [-0.1, -0.05) is 0 Å². The molecule has 61 nitrogen and oxygen atoms in total. The van der Waals surface area contributed by atoms with Crippen LogP contribution >= 0.6 is 0 Å². The fraction of sp³-hybridized carbons (Fsp3) is 1.00. The molecular weight excluding hydrogens is 1880 g/mol. The molecule has 15 aliphatic rings. The number of rotatable bonds is 30. The molecule has 0 amide bonds. The Labute approximate surface area is 766 Å². The lowest BCUT2D eigenvalue weighted by Crippen LogP contribution is -2.64. The third-order valence-corrected chi connectivity index (χ3v) is 25.9. The summed E-state index contributed by atoms with van der Waals surface area (Å²) in [7, 11) is 0. The van der Waals surface area contributed by atoms with Crippen molar-refractivity contribution in [2.24, 2.45) is 0 Å². The molecule has 15 saturated heterocycles. The molecule has 60 atom stereocenters. The smallest absolute Gasteiger partial charge is 0.187 e. The Bertz CT molecular complexity index is 3590. The molecule has 0 bridgehead atoms. The molecule has 0 aromatic heterocycles. The molecule has 0 aromatic rings. The van der Waals surface area contributed by atoms with Crippen LogP contribution in [0.5, 0.6) is 0 Å². The highest BCUT2D eigenvalue weighted by atomic mass is 16.8. The maximum Gasteiger partial charge on any atom is 0.187 e. The van der Waals surface area contributed by atoms with Crippen molar-refractivity contribution in [1.29, 1.82) is 0 Å². The predicted molar refractivity (Wildman–Crippen MR) is 403 cm³/mol. The summed E-state index contributed by atoms with van der Waals surface area (Å²) < 4.78 is 163. The fourth-order valence-electron chi connectivity index (χ4n) is 17.5. The fourth-order valence-corrected chi connectivity index (χ4v) is 17.5. The van der Waals surface area contributed by atoms with Gasteiger partial charge in [0.1, 0.15) is 275 Å². The van der Waals surface area contributed by atoms with Crippen molar-refractivity contribution in [3.8, 4) is 0 Å². The van der Waals surface area contributed by atoms with E-state index in [-0.39, 0.29) is 0 Å². The quantitative estimate of drug-likeness (QED) is 0.0318. The van der Waals surface area contributed by atoms with Gasteiger partial charge in [0.25, 0.3) is 0 Å². The zero-order valence-electron chi connectivity index (χ0n) is 71.4. The Kier molecular flexibility index (Phi) is 37.0. The Morgan fingerprint density at radius 3 is 0.485 bits per heavy atom. The van der Waals surface area contributed by atoms with E-state index in [0.29, 0.717) is 0 Å². The summed E-state index contributed by atoms with van der Waals surface area (Å²) in [5.74, 6) is 0. The first kappa shape index (κ1) is 108. The maximum absolute atomic E-state index is 11.4. The van der Waals surface area contributed by atoms with E-state index in [2.05, 4.69) is 0 Å². The van der Waals surface area contributed by atoms with E-state index in [9.17, 15) is 163 Å². The van der Waals surface area contributed by atoms with Crippen molar-refractivity contribution in [3.05, 3.63) is 0 Å². The van der Waals surface area contributed by atoms with Crippen LogP contribution in [0.2, 0.25) is 0 Å². The summed E-state index contributed by atoms with van der Waals surface area (Å²) in [5.41, 5.74) is 0. The van der Waals surface area contributed by atoms with Gasteiger partial charge in [0.15, 0.2) is 94.4 Å². The molecule has 15 fully saturated rings. The van der Waals surface area contributed by atoms with E-state index < -0.39 is 468 Å². The standard InChI is InChI=1S/C75H122O61/c76-1-17-31(79)57(105)73(121-17)135-59-16(78)3-109-75(60(59)136-74-58(106)32(80)18(2-77)122-74)134-30-15-120-72(56(104)44(30)92)133-29-14-119-71(55(103)43(29)91)132-28-13-118-70(54(102)42(28)90)131-27-12-117-69(53(101)41(27)89)130-26-11-116-68(52(100)40(26)88)129-25-10-115-67(51(99)39(25)87)128-24-9-114-66(50(98)38(24)86)127-23-8-113-65(49(97)37(23)85)126-22-7-112-64(48(96)36(22)84)125-21-6-111-63(47(95)35(21)83)124-20-5-110-62(46(94)34(20)82)123-19-4-108-61(107)45(93)33(19)81/h16-107H,1-15H2/t16-,17+,18+,19-,20-,21-,22-,23-,24-,25-,26-,27-,28-,29-,30-,31-,32-,33+,34+,35+,36+,37+,38+,39+,40+,41+,42+,43+,44+,45?,46?,47?,48?,49?,50?,51?,52?,53?,54?,55?,56?,57?,58?,59+,60?,61-,62+,63-,64-,65-,66-,67-,68-,69-,70-,71-,72-,73+,74+,75+/m1/s1. The number of aliphatic hydroxyl groups is 32. The zero-order chi connectivity index (χ0) is 97.8. The topological polar surface area (TPSA) is 915 Å². The predicted octanol–water partition coefficient (Wildman–Crippen LogP) is -24.1. The highest BCUT2D eigenvalue weighted by Crippen LogP contribution is 2.40. The molecule has 15 unspecified atom stereocenters. The van der Waals surface area contributed by atoms with Crippen LogP contribution in [0.3, 0.4) is 0 Å². The Hall–Kier alpha value is -2.44. The van der Waals surface area contributed by atoms with Gasteiger partial charge in [0.2, 0.25) is 0 Å². The minimum atomic E-state index is -2.02. The highest BCUT2D eigenvalue weighted by Gasteiger charge is 2.60. The Morgan fingerprint density at radius 2 is 0.301 bits per heavy atom. The lowest BCUT2D eigenvalue weighted by molar-refractivity contribution is -0.373. The average molecular weight is 2000 g/mol. The molecule has 15 heterocycles. The van der Waals surface area contributed by atoms with Crippen LogP contribution < -0.4 is 0 Å². The van der Waals surface area contributed by atoms with Crippen LogP contribution in [-0.4, -0.2) is 632 Å². The van der Waals surface area contributed by atoms with E-state index in [1.807, 2.05) is 0 Å². The minimum absolute atomic E-state index is 0.415. The number of hydrogen-bond donors (Lipinski definition) is 32. The molecule has 0 spiro atoms. The van der Waals surface area contributed by atoms with Crippen molar-refractivity contribution in [3.63, 3.8) is 0 Å². The zero-order valence-corrected chi connectivity index (χ0v) is 71.4. The molecule has 15 rings (SSSR count). The van der Waals surface area contributed by atoms with Crippen molar-refractivity contribution >= 4 is 0 Å². The monoisotopic (exact) mass is 2000 g/mol. The summed E-state index contributed by atoms with van der Waals surface area (Å²) in [6.07, 6.45) is -105. The van der Waals surface area contributed by atoms with Crippen LogP contribution in [0.15, 0.2) is 0 Å².